The number of primary sulfonamides is 1. The van der Waals surface area contributed by atoms with Crippen molar-refractivity contribution in [1.82, 2.24) is 0 Å². The highest BCUT2D eigenvalue weighted by Crippen LogP contribution is 2.21. The Labute approximate surface area is 130 Å². The Morgan fingerprint density at radius 3 is 2.48 bits per heavy atom. The molecule has 5 N–H and O–H groups in total. The summed E-state index contributed by atoms with van der Waals surface area (Å²) in [5.74, 6) is -0.402. The first-order chi connectivity index (χ1) is 9.77. The number of sulfonamides is 1. The Morgan fingerprint density at radius 2 is 1.86 bits per heavy atom. The third-order valence-corrected chi connectivity index (χ3v) is 4.31. The molecule has 0 spiro atoms. The molecule has 0 radical (unpaired) electrons. The molecule has 0 aliphatic carbocycles. The lowest BCUT2D eigenvalue weighted by molar-refractivity contribution is 0.102. The topological polar surface area (TPSA) is 115 Å². The number of hydrogen-bond donors (Lipinski definition) is 3. The second-order valence-corrected chi connectivity index (χ2v) is 6.68. The van der Waals surface area contributed by atoms with Gasteiger partial charge >= 0.3 is 0 Å². The average Bonchev–Trinajstić information content (AvgIpc) is 2.41. The standard InChI is InChI=1S/C13H12BrN3O3S/c14-11-5-4-8(6-12(11)15)13(18)17-9-2-1-3-10(7-9)21(16,19)20/h1-7H,15H2,(H,17,18)(H2,16,19,20). The predicted molar refractivity (Wildman–Crippen MR) is 84.3 cm³/mol. The zero-order valence-electron chi connectivity index (χ0n) is 10.7. The highest BCUT2D eigenvalue weighted by atomic mass is 79.9. The van der Waals surface area contributed by atoms with E-state index < -0.39 is 15.9 Å². The van der Waals surface area contributed by atoms with Crippen molar-refractivity contribution in [3.63, 3.8) is 0 Å². The molecule has 0 saturated carbocycles. The van der Waals surface area contributed by atoms with Gasteiger partial charge in [0.25, 0.3) is 5.91 Å². The van der Waals surface area contributed by atoms with Crippen molar-refractivity contribution in [3.05, 3.63) is 52.5 Å². The Morgan fingerprint density at radius 1 is 1.14 bits per heavy atom. The minimum absolute atomic E-state index is 0.0735. The van der Waals surface area contributed by atoms with Crippen molar-refractivity contribution in [1.29, 1.82) is 0 Å². The number of carbonyl (C=O) groups is 1. The van der Waals surface area contributed by atoms with Crippen LogP contribution in [0.1, 0.15) is 10.4 Å². The van der Waals surface area contributed by atoms with E-state index in [1.54, 1.807) is 18.2 Å². The number of nitrogens with one attached hydrogen (secondary N) is 1. The van der Waals surface area contributed by atoms with Crippen LogP contribution < -0.4 is 16.2 Å². The monoisotopic (exact) mass is 369 g/mol. The fraction of sp³-hybridized carbons (Fsp3) is 0. The van der Waals surface area contributed by atoms with Crippen LogP contribution in [0.4, 0.5) is 11.4 Å². The van der Waals surface area contributed by atoms with Crippen LogP contribution in [0.5, 0.6) is 0 Å². The molecule has 0 atom stereocenters. The van der Waals surface area contributed by atoms with E-state index in [1.165, 1.54) is 24.3 Å². The zero-order chi connectivity index (χ0) is 15.6. The van der Waals surface area contributed by atoms with Crippen LogP contribution in [0.15, 0.2) is 51.8 Å². The Hall–Kier alpha value is -1.90. The van der Waals surface area contributed by atoms with Crippen molar-refractivity contribution < 1.29 is 13.2 Å². The first kappa shape index (κ1) is 15.5. The number of benzene rings is 2. The number of rotatable bonds is 3. The van der Waals surface area contributed by atoms with Crippen LogP contribution in [-0.2, 0) is 10.0 Å². The van der Waals surface area contributed by atoms with E-state index in [9.17, 15) is 13.2 Å². The predicted octanol–water partition coefficient (Wildman–Crippen LogP) is 1.93. The summed E-state index contributed by atoms with van der Waals surface area (Å²) in [6.45, 7) is 0. The second-order valence-electron chi connectivity index (χ2n) is 4.26. The molecule has 0 unspecified atom stereocenters. The summed E-state index contributed by atoms with van der Waals surface area (Å²) in [5.41, 5.74) is 6.83. The summed E-state index contributed by atoms with van der Waals surface area (Å²) < 4.78 is 23.2. The normalized spacial score (nSPS) is 11.1. The van der Waals surface area contributed by atoms with Gasteiger partial charge in [-0.25, -0.2) is 13.6 Å². The minimum atomic E-state index is -3.82. The summed E-state index contributed by atoms with van der Waals surface area (Å²) in [7, 11) is -3.82. The third kappa shape index (κ3) is 3.81. The third-order valence-electron chi connectivity index (χ3n) is 2.68. The lowest BCUT2D eigenvalue weighted by atomic mass is 10.2. The average molecular weight is 370 g/mol. The lowest BCUT2D eigenvalue weighted by Gasteiger charge is -2.08. The Kier molecular flexibility index (Phi) is 4.31. The van der Waals surface area contributed by atoms with E-state index in [1.807, 2.05) is 0 Å². The fourth-order valence-electron chi connectivity index (χ4n) is 1.64. The zero-order valence-corrected chi connectivity index (χ0v) is 13.1. The van der Waals surface area contributed by atoms with E-state index >= 15 is 0 Å². The highest BCUT2D eigenvalue weighted by molar-refractivity contribution is 9.10. The maximum Gasteiger partial charge on any atom is 0.255 e. The molecule has 0 aromatic heterocycles. The molecule has 110 valence electrons. The first-order valence-corrected chi connectivity index (χ1v) is 8.10. The number of nitrogen functional groups attached to an aromatic ring is 1. The van der Waals surface area contributed by atoms with Gasteiger partial charge in [0.05, 0.1) is 4.90 Å². The maximum absolute atomic E-state index is 12.1. The molecule has 6 nitrogen and oxygen atoms in total. The molecule has 0 aliphatic heterocycles. The van der Waals surface area contributed by atoms with Gasteiger partial charge in [-0.1, -0.05) is 6.07 Å². The van der Waals surface area contributed by atoms with Gasteiger partial charge < -0.3 is 11.1 Å². The number of hydrogen-bond acceptors (Lipinski definition) is 4. The number of halogens is 1. The molecule has 8 heteroatoms. The maximum atomic E-state index is 12.1. The SMILES string of the molecule is Nc1cc(C(=O)Nc2cccc(S(N)(=O)=O)c2)ccc1Br. The van der Waals surface area contributed by atoms with Crippen molar-refractivity contribution in [2.24, 2.45) is 5.14 Å². The van der Waals surface area contributed by atoms with Crippen LogP contribution >= 0.6 is 15.9 Å². The molecular weight excluding hydrogens is 358 g/mol. The fourth-order valence-corrected chi connectivity index (χ4v) is 2.45. The van der Waals surface area contributed by atoms with E-state index in [0.29, 0.717) is 21.4 Å². The van der Waals surface area contributed by atoms with Gasteiger partial charge in [-0.3, -0.25) is 4.79 Å². The van der Waals surface area contributed by atoms with E-state index in [4.69, 9.17) is 10.9 Å². The van der Waals surface area contributed by atoms with Gasteiger partial charge in [0, 0.05) is 21.4 Å². The van der Waals surface area contributed by atoms with Crippen molar-refractivity contribution in [2.45, 2.75) is 4.90 Å². The van der Waals surface area contributed by atoms with Crippen LogP contribution in [0, 0.1) is 0 Å². The Balaban J connectivity index is 2.25. The number of anilines is 2. The van der Waals surface area contributed by atoms with E-state index in [2.05, 4.69) is 21.2 Å². The summed E-state index contributed by atoms with van der Waals surface area (Å²) in [6, 6.07) is 10.5. The van der Waals surface area contributed by atoms with Crippen LogP contribution in [-0.4, -0.2) is 14.3 Å². The molecule has 0 fully saturated rings. The van der Waals surface area contributed by atoms with Gasteiger partial charge in [0.15, 0.2) is 0 Å². The van der Waals surface area contributed by atoms with Crippen molar-refractivity contribution in [3.8, 4) is 0 Å². The lowest BCUT2D eigenvalue weighted by Crippen LogP contribution is -2.15. The highest BCUT2D eigenvalue weighted by Gasteiger charge is 2.11. The number of nitrogens with two attached hydrogens (primary N) is 2. The smallest absolute Gasteiger partial charge is 0.255 e. The summed E-state index contributed by atoms with van der Waals surface area (Å²) >= 11 is 3.24. The molecule has 2 rings (SSSR count). The second kappa shape index (κ2) is 5.84. The van der Waals surface area contributed by atoms with Crippen LogP contribution in [0.25, 0.3) is 0 Å². The number of amides is 1. The molecule has 0 aliphatic rings. The van der Waals surface area contributed by atoms with Crippen molar-refractivity contribution in [2.75, 3.05) is 11.1 Å². The van der Waals surface area contributed by atoms with Crippen LogP contribution in [0.3, 0.4) is 0 Å². The molecule has 2 aromatic carbocycles. The molecule has 0 saturated heterocycles. The molecule has 1 amide bonds. The van der Waals surface area contributed by atoms with Gasteiger partial charge in [-0.05, 0) is 52.3 Å². The van der Waals surface area contributed by atoms with Crippen LogP contribution in [0.2, 0.25) is 0 Å². The van der Waals surface area contributed by atoms with Gasteiger partial charge in [0.2, 0.25) is 10.0 Å². The van der Waals surface area contributed by atoms with Gasteiger partial charge in [-0.15, -0.1) is 0 Å². The van der Waals surface area contributed by atoms with Gasteiger partial charge in [0.1, 0.15) is 0 Å². The summed E-state index contributed by atoms with van der Waals surface area (Å²) in [4.78, 5) is 12.0. The molecule has 21 heavy (non-hydrogen) atoms. The van der Waals surface area contributed by atoms with Gasteiger partial charge in [-0.2, -0.15) is 0 Å². The minimum Gasteiger partial charge on any atom is -0.398 e. The summed E-state index contributed by atoms with van der Waals surface area (Å²) in [5, 5.41) is 7.63. The van der Waals surface area contributed by atoms with Crippen molar-refractivity contribution >= 4 is 43.2 Å². The number of carbonyl (C=O) groups excluding carboxylic acids is 1. The Bertz CT molecular complexity index is 806. The molecule has 0 heterocycles. The first-order valence-electron chi connectivity index (χ1n) is 5.76. The van der Waals surface area contributed by atoms with E-state index in [-0.39, 0.29) is 4.90 Å². The molecular formula is C13H12BrN3O3S. The quantitative estimate of drug-likeness (QED) is 0.716. The summed E-state index contributed by atoms with van der Waals surface area (Å²) in [6.07, 6.45) is 0. The molecule has 2 aromatic rings. The molecule has 0 bridgehead atoms. The van der Waals surface area contributed by atoms with E-state index in [0.717, 1.165) is 0 Å². The largest absolute Gasteiger partial charge is 0.398 e.